The summed E-state index contributed by atoms with van der Waals surface area (Å²) in [6, 6.07) is 8.61. The number of carbonyl (C=O) groups excluding carboxylic acids is 1. The second-order valence-corrected chi connectivity index (χ2v) is 6.10. The van der Waals surface area contributed by atoms with Crippen molar-refractivity contribution < 1.29 is 9.53 Å². The van der Waals surface area contributed by atoms with Crippen molar-refractivity contribution in [2.75, 3.05) is 26.7 Å². The van der Waals surface area contributed by atoms with Crippen LogP contribution >= 0.6 is 0 Å². The van der Waals surface area contributed by atoms with Crippen LogP contribution in [0.2, 0.25) is 0 Å². The van der Waals surface area contributed by atoms with E-state index in [1.54, 1.807) is 0 Å². The number of ether oxygens (including phenoxy) is 1. The first kappa shape index (κ1) is 13.6. The lowest BCUT2D eigenvalue weighted by Crippen LogP contribution is -2.59. The Balaban J connectivity index is 1.61. The van der Waals surface area contributed by atoms with Crippen molar-refractivity contribution >= 4 is 5.91 Å². The van der Waals surface area contributed by atoms with E-state index in [-0.39, 0.29) is 24.2 Å². The minimum Gasteiger partial charge on any atom is -0.363 e. The zero-order chi connectivity index (χ0) is 14.2. The lowest BCUT2D eigenvalue weighted by atomic mass is 10.0. The maximum absolute atomic E-state index is 12.3. The van der Waals surface area contributed by atoms with E-state index in [4.69, 9.17) is 4.74 Å². The fourth-order valence-corrected chi connectivity index (χ4v) is 3.03. The van der Waals surface area contributed by atoms with Crippen LogP contribution in [-0.4, -0.2) is 43.2 Å². The Morgan fingerprint density at radius 2 is 2.20 bits per heavy atom. The van der Waals surface area contributed by atoms with E-state index >= 15 is 0 Å². The summed E-state index contributed by atoms with van der Waals surface area (Å²) in [5.74, 6) is 0.0693. The molecule has 1 aromatic carbocycles. The van der Waals surface area contributed by atoms with Gasteiger partial charge in [-0.25, -0.2) is 0 Å². The van der Waals surface area contributed by atoms with Crippen LogP contribution in [0.15, 0.2) is 24.3 Å². The summed E-state index contributed by atoms with van der Waals surface area (Å²) in [5, 5.41) is 3.17. The monoisotopic (exact) mass is 274 g/mol. The Morgan fingerprint density at radius 3 is 2.90 bits per heavy atom. The second kappa shape index (κ2) is 5.19. The number of rotatable bonds is 4. The highest BCUT2D eigenvalue weighted by Gasteiger charge is 2.34. The molecule has 0 spiro atoms. The van der Waals surface area contributed by atoms with Gasteiger partial charge in [-0.1, -0.05) is 24.3 Å². The number of nitrogens with zero attached hydrogens (tertiary/aromatic N) is 1. The van der Waals surface area contributed by atoms with Gasteiger partial charge in [-0.05, 0) is 30.9 Å². The Hall–Kier alpha value is -1.39. The molecule has 2 aliphatic rings. The van der Waals surface area contributed by atoms with Gasteiger partial charge in [0.05, 0.1) is 11.6 Å². The molecular formula is C16H22N2O2. The molecule has 20 heavy (non-hydrogen) atoms. The van der Waals surface area contributed by atoms with E-state index in [0.29, 0.717) is 0 Å². The van der Waals surface area contributed by atoms with E-state index in [1.807, 2.05) is 24.9 Å². The van der Waals surface area contributed by atoms with Crippen molar-refractivity contribution in [3.05, 3.63) is 35.4 Å². The largest absolute Gasteiger partial charge is 0.363 e. The van der Waals surface area contributed by atoms with Crippen LogP contribution in [0.25, 0.3) is 0 Å². The highest BCUT2D eigenvalue weighted by molar-refractivity contribution is 5.78. The van der Waals surface area contributed by atoms with Gasteiger partial charge < -0.3 is 15.0 Å². The van der Waals surface area contributed by atoms with Gasteiger partial charge in [-0.3, -0.25) is 4.79 Å². The van der Waals surface area contributed by atoms with Gasteiger partial charge in [0.1, 0.15) is 6.61 Å². The molecule has 1 atom stereocenters. The van der Waals surface area contributed by atoms with E-state index in [0.717, 1.165) is 25.9 Å². The maximum Gasteiger partial charge on any atom is 0.248 e. The summed E-state index contributed by atoms with van der Waals surface area (Å²) in [7, 11) is 1.89. The molecule has 108 valence electrons. The van der Waals surface area contributed by atoms with Crippen molar-refractivity contribution in [2.45, 2.75) is 31.4 Å². The van der Waals surface area contributed by atoms with Crippen molar-refractivity contribution in [2.24, 2.45) is 0 Å². The molecule has 4 heteroatoms. The van der Waals surface area contributed by atoms with Crippen LogP contribution in [0.3, 0.4) is 0 Å². The molecule has 1 unspecified atom stereocenters. The summed E-state index contributed by atoms with van der Waals surface area (Å²) in [5.41, 5.74) is 2.50. The van der Waals surface area contributed by atoms with E-state index in [2.05, 4.69) is 23.5 Å². The lowest BCUT2D eigenvalue weighted by molar-refractivity contribution is -0.146. The van der Waals surface area contributed by atoms with Crippen molar-refractivity contribution in [1.82, 2.24) is 10.2 Å². The lowest BCUT2D eigenvalue weighted by Gasteiger charge is -2.39. The van der Waals surface area contributed by atoms with Gasteiger partial charge in [0.15, 0.2) is 0 Å². The Labute approximate surface area is 120 Å². The summed E-state index contributed by atoms with van der Waals surface area (Å²) in [6.07, 6.45) is 2.07. The van der Waals surface area contributed by atoms with Gasteiger partial charge in [0.25, 0.3) is 0 Å². The standard InChI is InChI=1S/C16H22N2O2/c1-16(10-17-11-16)20-9-15(19)18(2)14-8-7-12-5-3-4-6-13(12)14/h3-6,14,17H,7-11H2,1-2H3. The zero-order valence-corrected chi connectivity index (χ0v) is 12.2. The van der Waals surface area contributed by atoms with Gasteiger partial charge in [0, 0.05) is 20.1 Å². The van der Waals surface area contributed by atoms with Crippen LogP contribution < -0.4 is 5.32 Å². The number of aryl methyl sites for hydroxylation is 1. The quantitative estimate of drug-likeness (QED) is 0.905. The Kier molecular flexibility index (Phi) is 3.52. The Morgan fingerprint density at radius 1 is 1.45 bits per heavy atom. The average Bonchev–Trinajstić information content (AvgIpc) is 2.85. The summed E-state index contributed by atoms with van der Waals surface area (Å²) < 4.78 is 5.74. The highest BCUT2D eigenvalue weighted by atomic mass is 16.5. The van der Waals surface area contributed by atoms with Gasteiger partial charge in [0.2, 0.25) is 5.91 Å². The third kappa shape index (κ3) is 2.45. The minimum atomic E-state index is -0.163. The van der Waals surface area contributed by atoms with Crippen LogP contribution in [-0.2, 0) is 16.0 Å². The smallest absolute Gasteiger partial charge is 0.248 e. The topological polar surface area (TPSA) is 41.6 Å². The third-order valence-electron chi connectivity index (χ3n) is 4.50. The first-order chi connectivity index (χ1) is 9.59. The summed E-state index contributed by atoms with van der Waals surface area (Å²) in [4.78, 5) is 14.2. The fourth-order valence-electron chi connectivity index (χ4n) is 3.03. The van der Waals surface area contributed by atoms with Crippen LogP contribution in [0.1, 0.15) is 30.5 Å². The number of amides is 1. The number of likely N-dealkylation sites (N-methyl/N-ethyl adjacent to an activating group) is 1. The first-order valence-corrected chi connectivity index (χ1v) is 7.27. The summed E-state index contributed by atoms with van der Waals surface area (Å²) >= 11 is 0. The molecule has 1 fully saturated rings. The normalized spacial score (nSPS) is 23.0. The Bertz CT molecular complexity index is 511. The minimum absolute atomic E-state index is 0.0693. The van der Waals surface area contributed by atoms with Crippen molar-refractivity contribution in [3.8, 4) is 0 Å². The van der Waals surface area contributed by atoms with Crippen LogP contribution in [0.5, 0.6) is 0 Å². The zero-order valence-electron chi connectivity index (χ0n) is 12.2. The molecule has 1 N–H and O–H groups in total. The molecule has 0 bridgehead atoms. The number of hydrogen-bond acceptors (Lipinski definition) is 3. The highest BCUT2D eigenvalue weighted by Crippen LogP contribution is 2.34. The molecule has 1 heterocycles. The molecule has 0 radical (unpaired) electrons. The molecule has 0 saturated carbocycles. The number of benzene rings is 1. The molecule has 4 nitrogen and oxygen atoms in total. The molecule has 1 aromatic rings. The molecule has 1 amide bonds. The predicted octanol–water partition coefficient (Wildman–Crippen LogP) is 1.51. The van der Waals surface area contributed by atoms with E-state index < -0.39 is 0 Å². The molecule has 1 saturated heterocycles. The molecular weight excluding hydrogens is 252 g/mol. The second-order valence-electron chi connectivity index (χ2n) is 6.10. The summed E-state index contributed by atoms with van der Waals surface area (Å²) in [6.45, 7) is 3.88. The van der Waals surface area contributed by atoms with Gasteiger partial charge in [-0.2, -0.15) is 0 Å². The van der Waals surface area contributed by atoms with Crippen LogP contribution in [0, 0.1) is 0 Å². The van der Waals surface area contributed by atoms with Crippen LogP contribution in [0.4, 0.5) is 0 Å². The first-order valence-electron chi connectivity index (χ1n) is 7.27. The van der Waals surface area contributed by atoms with Gasteiger partial charge in [-0.15, -0.1) is 0 Å². The number of fused-ring (bicyclic) bond motifs is 1. The van der Waals surface area contributed by atoms with Gasteiger partial charge >= 0.3 is 0 Å². The average molecular weight is 274 g/mol. The predicted molar refractivity (Wildman–Crippen MR) is 77.5 cm³/mol. The number of carbonyl (C=O) groups is 1. The fraction of sp³-hybridized carbons (Fsp3) is 0.562. The van der Waals surface area contributed by atoms with E-state index in [1.165, 1.54) is 11.1 Å². The molecule has 1 aliphatic carbocycles. The number of nitrogens with one attached hydrogen (secondary N) is 1. The van der Waals surface area contributed by atoms with Crippen molar-refractivity contribution in [3.63, 3.8) is 0 Å². The third-order valence-corrected chi connectivity index (χ3v) is 4.50. The molecule has 1 aliphatic heterocycles. The molecule has 0 aromatic heterocycles. The molecule has 3 rings (SSSR count). The van der Waals surface area contributed by atoms with E-state index in [9.17, 15) is 4.79 Å². The maximum atomic E-state index is 12.3. The van der Waals surface area contributed by atoms with Crippen molar-refractivity contribution in [1.29, 1.82) is 0 Å². The number of hydrogen-bond donors (Lipinski definition) is 1. The SMILES string of the molecule is CN(C(=O)COC1(C)CNC1)C1CCc2ccccc21.